The first-order chi connectivity index (χ1) is 13.7. The highest BCUT2D eigenvalue weighted by Crippen LogP contribution is 2.21. The molecular weight excluding hydrogens is 356 g/mol. The second kappa shape index (κ2) is 12.8. The van der Waals surface area contributed by atoms with Crippen molar-refractivity contribution in [2.24, 2.45) is 4.99 Å². The normalized spacial score (nSPS) is 17.3. The molecule has 160 valence electrons. The zero-order chi connectivity index (χ0) is 20.2. The lowest BCUT2D eigenvalue weighted by Crippen LogP contribution is -2.49. The number of hydrogen-bond donors (Lipinski definition) is 1. The van der Waals surface area contributed by atoms with E-state index in [2.05, 4.69) is 40.0 Å². The standard InChI is InChI=1S/C21H38N4O3/c1-5-24(6-2)19(20-9-7-15-28-20)17-23-21(22-3)25-12-10-18(11-13-25)27-16-8-14-26-4/h7,9,15,18-19H,5-6,8,10-14,16-17H2,1-4H3,(H,22,23). The summed E-state index contributed by atoms with van der Waals surface area (Å²) in [7, 11) is 3.59. The third kappa shape index (κ3) is 6.79. The number of furan rings is 1. The van der Waals surface area contributed by atoms with Crippen LogP contribution in [-0.4, -0.2) is 82.0 Å². The van der Waals surface area contributed by atoms with Gasteiger partial charge in [0.2, 0.25) is 0 Å². The van der Waals surface area contributed by atoms with Crippen molar-refractivity contribution in [2.75, 3.05) is 60.1 Å². The van der Waals surface area contributed by atoms with E-state index in [1.807, 2.05) is 13.1 Å². The second-order valence-electron chi connectivity index (χ2n) is 7.08. The Bertz CT molecular complexity index is 538. The third-order valence-corrected chi connectivity index (χ3v) is 5.38. The lowest BCUT2D eigenvalue weighted by atomic mass is 10.1. The average molecular weight is 395 g/mol. The molecule has 1 fully saturated rings. The van der Waals surface area contributed by atoms with E-state index in [1.54, 1.807) is 13.4 Å². The molecule has 0 aliphatic carbocycles. The monoisotopic (exact) mass is 394 g/mol. The topological polar surface area (TPSA) is 62.5 Å². The summed E-state index contributed by atoms with van der Waals surface area (Å²) in [6.45, 7) is 10.6. The van der Waals surface area contributed by atoms with Crippen molar-refractivity contribution in [2.45, 2.75) is 45.3 Å². The van der Waals surface area contributed by atoms with E-state index in [-0.39, 0.29) is 6.04 Å². The second-order valence-corrected chi connectivity index (χ2v) is 7.08. The van der Waals surface area contributed by atoms with Crippen LogP contribution >= 0.6 is 0 Å². The van der Waals surface area contributed by atoms with Crippen LogP contribution in [0.2, 0.25) is 0 Å². The maximum Gasteiger partial charge on any atom is 0.193 e. The van der Waals surface area contributed by atoms with Gasteiger partial charge in [-0.05, 0) is 44.5 Å². The molecule has 0 bridgehead atoms. The SMILES string of the molecule is CCN(CC)C(CNC(=NC)N1CCC(OCCCOC)CC1)c1ccco1. The van der Waals surface area contributed by atoms with Gasteiger partial charge in [0.05, 0.1) is 18.4 Å². The Kier molecular flexibility index (Phi) is 10.4. The maximum absolute atomic E-state index is 5.97. The number of ether oxygens (including phenoxy) is 2. The molecule has 28 heavy (non-hydrogen) atoms. The van der Waals surface area contributed by atoms with Gasteiger partial charge in [-0.1, -0.05) is 13.8 Å². The largest absolute Gasteiger partial charge is 0.468 e. The molecular formula is C21H38N4O3. The predicted octanol–water partition coefficient (Wildman–Crippen LogP) is 2.76. The zero-order valence-electron chi connectivity index (χ0n) is 18.0. The molecule has 2 heterocycles. The zero-order valence-corrected chi connectivity index (χ0v) is 18.0. The van der Waals surface area contributed by atoms with Gasteiger partial charge >= 0.3 is 0 Å². The van der Waals surface area contributed by atoms with Gasteiger partial charge < -0.3 is 24.1 Å². The molecule has 7 nitrogen and oxygen atoms in total. The number of hydrogen-bond acceptors (Lipinski definition) is 5. The van der Waals surface area contributed by atoms with Crippen LogP contribution in [0.15, 0.2) is 27.8 Å². The molecule has 0 aromatic carbocycles. The minimum absolute atomic E-state index is 0.198. The smallest absolute Gasteiger partial charge is 0.193 e. The first kappa shape index (κ1) is 22.7. The van der Waals surface area contributed by atoms with Crippen molar-refractivity contribution in [1.29, 1.82) is 0 Å². The quantitative estimate of drug-likeness (QED) is 0.354. The predicted molar refractivity (Wildman–Crippen MR) is 113 cm³/mol. The Hall–Kier alpha value is -1.57. The Morgan fingerprint density at radius 2 is 2.07 bits per heavy atom. The van der Waals surface area contributed by atoms with Crippen LogP contribution < -0.4 is 5.32 Å². The number of nitrogens with zero attached hydrogens (tertiary/aromatic N) is 3. The van der Waals surface area contributed by atoms with E-state index in [0.717, 1.165) is 76.9 Å². The molecule has 0 spiro atoms. The summed E-state index contributed by atoms with van der Waals surface area (Å²) in [6.07, 6.45) is 5.12. The van der Waals surface area contributed by atoms with Gasteiger partial charge in [-0.3, -0.25) is 9.89 Å². The molecule has 1 aliphatic heterocycles. The maximum atomic E-state index is 5.97. The number of piperidine rings is 1. The summed E-state index contributed by atoms with van der Waals surface area (Å²) in [4.78, 5) is 9.24. The summed E-state index contributed by atoms with van der Waals surface area (Å²) in [5, 5.41) is 3.57. The number of methoxy groups -OCH3 is 1. The van der Waals surface area contributed by atoms with Crippen LogP contribution in [-0.2, 0) is 9.47 Å². The van der Waals surface area contributed by atoms with Gasteiger partial charge in [0.15, 0.2) is 5.96 Å². The van der Waals surface area contributed by atoms with E-state index in [0.29, 0.717) is 6.10 Å². The molecule has 1 aliphatic rings. The molecule has 2 rings (SSSR count). The summed E-state index contributed by atoms with van der Waals surface area (Å²) < 4.78 is 16.7. The molecule has 1 aromatic rings. The van der Waals surface area contributed by atoms with E-state index in [1.165, 1.54) is 0 Å². The van der Waals surface area contributed by atoms with E-state index in [9.17, 15) is 0 Å². The first-order valence-electron chi connectivity index (χ1n) is 10.6. The van der Waals surface area contributed by atoms with Crippen molar-refractivity contribution in [3.63, 3.8) is 0 Å². The average Bonchev–Trinajstić information content (AvgIpc) is 3.26. The molecule has 1 N–H and O–H groups in total. The molecule has 1 aromatic heterocycles. The van der Waals surface area contributed by atoms with Gasteiger partial charge in [-0.2, -0.15) is 0 Å². The molecule has 1 atom stereocenters. The molecule has 0 radical (unpaired) electrons. The lowest BCUT2D eigenvalue weighted by molar-refractivity contribution is 0.00984. The van der Waals surface area contributed by atoms with Crippen LogP contribution in [0, 0.1) is 0 Å². The first-order valence-corrected chi connectivity index (χ1v) is 10.6. The van der Waals surface area contributed by atoms with Crippen LogP contribution in [0.25, 0.3) is 0 Å². The Balaban J connectivity index is 1.83. The van der Waals surface area contributed by atoms with Crippen LogP contribution in [0.5, 0.6) is 0 Å². The fourth-order valence-electron chi connectivity index (χ4n) is 3.76. The van der Waals surface area contributed by atoms with Crippen molar-refractivity contribution in [3.8, 4) is 0 Å². The van der Waals surface area contributed by atoms with E-state index in [4.69, 9.17) is 13.9 Å². The summed E-state index contributed by atoms with van der Waals surface area (Å²) in [5.74, 6) is 1.95. The van der Waals surface area contributed by atoms with Crippen molar-refractivity contribution < 1.29 is 13.9 Å². The van der Waals surface area contributed by atoms with Crippen molar-refractivity contribution in [3.05, 3.63) is 24.2 Å². The molecule has 0 amide bonds. The highest BCUT2D eigenvalue weighted by atomic mass is 16.5. The number of likely N-dealkylation sites (tertiary alicyclic amines) is 1. The van der Waals surface area contributed by atoms with Crippen LogP contribution in [0.3, 0.4) is 0 Å². The molecule has 1 saturated heterocycles. The molecule has 1 unspecified atom stereocenters. The van der Waals surface area contributed by atoms with E-state index < -0.39 is 0 Å². The minimum Gasteiger partial charge on any atom is -0.468 e. The molecule has 7 heteroatoms. The molecule has 0 saturated carbocycles. The van der Waals surface area contributed by atoms with Gasteiger partial charge in [0.1, 0.15) is 5.76 Å². The fraction of sp³-hybridized carbons (Fsp3) is 0.762. The highest BCUT2D eigenvalue weighted by molar-refractivity contribution is 5.80. The number of guanidine groups is 1. The summed E-state index contributed by atoms with van der Waals surface area (Å²) in [6, 6.07) is 4.21. The highest BCUT2D eigenvalue weighted by Gasteiger charge is 2.24. The van der Waals surface area contributed by atoms with Crippen molar-refractivity contribution >= 4 is 5.96 Å². The third-order valence-electron chi connectivity index (χ3n) is 5.38. The number of rotatable bonds is 11. The van der Waals surface area contributed by atoms with Gasteiger partial charge in [-0.25, -0.2) is 0 Å². The van der Waals surface area contributed by atoms with E-state index >= 15 is 0 Å². The van der Waals surface area contributed by atoms with Gasteiger partial charge in [0.25, 0.3) is 0 Å². The Morgan fingerprint density at radius 3 is 2.64 bits per heavy atom. The van der Waals surface area contributed by atoms with Crippen LogP contribution in [0.4, 0.5) is 0 Å². The Morgan fingerprint density at radius 1 is 1.32 bits per heavy atom. The number of likely N-dealkylation sites (N-methyl/N-ethyl adjacent to an activating group) is 1. The summed E-state index contributed by atoms with van der Waals surface area (Å²) in [5.41, 5.74) is 0. The Labute approximate surface area is 170 Å². The fourth-order valence-corrected chi connectivity index (χ4v) is 3.76. The summed E-state index contributed by atoms with van der Waals surface area (Å²) >= 11 is 0. The van der Waals surface area contributed by atoms with Gasteiger partial charge in [0, 0.05) is 47.0 Å². The van der Waals surface area contributed by atoms with Crippen molar-refractivity contribution in [1.82, 2.24) is 15.1 Å². The minimum atomic E-state index is 0.198. The lowest BCUT2D eigenvalue weighted by Gasteiger charge is -2.35. The number of aliphatic imine (C=N–C) groups is 1. The van der Waals surface area contributed by atoms with Crippen LogP contribution in [0.1, 0.15) is 44.9 Å². The number of nitrogens with one attached hydrogen (secondary N) is 1. The van der Waals surface area contributed by atoms with Gasteiger partial charge in [-0.15, -0.1) is 0 Å².